The van der Waals surface area contributed by atoms with E-state index in [0.717, 1.165) is 19.6 Å². The van der Waals surface area contributed by atoms with Gasteiger partial charge in [0.15, 0.2) is 0 Å². The Morgan fingerprint density at radius 2 is 2.03 bits per heavy atom. The zero-order valence-electron chi connectivity index (χ0n) is 18.0. The molecule has 1 aromatic heterocycles. The zero-order chi connectivity index (χ0) is 22.0. The Hall–Kier alpha value is -2.16. The Labute approximate surface area is 181 Å². The van der Waals surface area contributed by atoms with E-state index >= 15 is 0 Å². The van der Waals surface area contributed by atoms with Crippen LogP contribution in [0.15, 0.2) is 36.5 Å². The van der Waals surface area contributed by atoms with Gasteiger partial charge in [0.1, 0.15) is 5.82 Å². The summed E-state index contributed by atoms with van der Waals surface area (Å²) in [7, 11) is 0. The van der Waals surface area contributed by atoms with Crippen molar-refractivity contribution in [2.45, 2.75) is 38.7 Å². The van der Waals surface area contributed by atoms with Crippen LogP contribution < -0.4 is 10.2 Å². The van der Waals surface area contributed by atoms with Gasteiger partial charge in [-0.2, -0.15) is 13.2 Å². The molecule has 0 aliphatic carbocycles. The van der Waals surface area contributed by atoms with Crippen molar-refractivity contribution in [2.24, 2.45) is 0 Å². The summed E-state index contributed by atoms with van der Waals surface area (Å²) in [5.74, 6) is 0.00477. The molecule has 0 spiro atoms. The summed E-state index contributed by atoms with van der Waals surface area (Å²) >= 11 is 0. The van der Waals surface area contributed by atoms with Gasteiger partial charge in [-0.3, -0.25) is 4.90 Å². The molecule has 1 N–H and O–H groups in total. The van der Waals surface area contributed by atoms with E-state index in [2.05, 4.69) is 34.3 Å². The van der Waals surface area contributed by atoms with Crippen molar-refractivity contribution in [2.75, 3.05) is 44.3 Å². The predicted octanol–water partition coefficient (Wildman–Crippen LogP) is 3.78. The first-order valence-corrected chi connectivity index (χ1v) is 10.7. The number of hydrogen-bond donors (Lipinski definition) is 1. The van der Waals surface area contributed by atoms with E-state index in [1.165, 1.54) is 17.2 Å². The van der Waals surface area contributed by atoms with E-state index in [4.69, 9.17) is 4.74 Å². The van der Waals surface area contributed by atoms with Gasteiger partial charge in [0, 0.05) is 45.0 Å². The van der Waals surface area contributed by atoms with E-state index in [9.17, 15) is 13.2 Å². The van der Waals surface area contributed by atoms with Crippen molar-refractivity contribution in [3.8, 4) is 0 Å². The fourth-order valence-electron chi connectivity index (χ4n) is 4.47. The number of pyridine rings is 1. The number of aromatic nitrogens is 1. The van der Waals surface area contributed by atoms with Crippen molar-refractivity contribution in [1.29, 1.82) is 0 Å². The molecule has 0 unspecified atom stereocenters. The molecule has 5 nitrogen and oxygen atoms in total. The maximum absolute atomic E-state index is 13.9. The topological polar surface area (TPSA) is 40.6 Å². The van der Waals surface area contributed by atoms with E-state index < -0.39 is 11.7 Å². The van der Waals surface area contributed by atoms with Gasteiger partial charge in [0.25, 0.3) is 0 Å². The highest BCUT2D eigenvalue weighted by atomic mass is 19.4. The lowest BCUT2D eigenvalue weighted by atomic mass is 9.99. The molecule has 0 amide bonds. The van der Waals surface area contributed by atoms with Gasteiger partial charge >= 0.3 is 6.18 Å². The molecule has 3 heterocycles. The number of anilines is 1. The van der Waals surface area contributed by atoms with Gasteiger partial charge in [0.2, 0.25) is 0 Å². The maximum Gasteiger partial charge on any atom is 0.419 e. The maximum atomic E-state index is 13.9. The third kappa shape index (κ3) is 5.02. The first-order chi connectivity index (χ1) is 14.8. The molecule has 2 aliphatic rings. The van der Waals surface area contributed by atoms with Crippen LogP contribution in [-0.2, 0) is 17.5 Å². The average molecular weight is 435 g/mol. The minimum absolute atomic E-state index is 0.00477. The number of benzene rings is 1. The molecule has 2 aliphatic heterocycles. The highest BCUT2D eigenvalue weighted by molar-refractivity contribution is 5.51. The molecular weight excluding hydrogens is 405 g/mol. The molecule has 2 fully saturated rings. The number of piperazine rings is 1. The highest BCUT2D eigenvalue weighted by Gasteiger charge is 2.38. The van der Waals surface area contributed by atoms with Crippen LogP contribution in [0, 0.1) is 6.92 Å². The van der Waals surface area contributed by atoms with Crippen molar-refractivity contribution >= 4 is 5.82 Å². The number of hydrogen-bond acceptors (Lipinski definition) is 5. The van der Waals surface area contributed by atoms with Gasteiger partial charge in [-0.1, -0.05) is 24.3 Å². The van der Waals surface area contributed by atoms with Crippen LogP contribution >= 0.6 is 0 Å². The molecule has 31 heavy (non-hydrogen) atoms. The summed E-state index contributed by atoms with van der Waals surface area (Å²) in [5, 5.41) is 3.53. The smallest absolute Gasteiger partial charge is 0.377 e. The Morgan fingerprint density at radius 3 is 2.77 bits per heavy atom. The molecule has 168 valence electrons. The molecule has 4 rings (SSSR count). The fraction of sp³-hybridized carbons (Fsp3) is 0.522. The molecule has 2 aromatic rings. The van der Waals surface area contributed by atoms with Crippen LogP contribution in [0.4, 0.5) is 19.0 Å². The summed E-state index contributed by atoms with van der Waals surface area (Å²) in [4.78, 5) is 8.18. The Kier molecular flexibility index (Phi) is 6.50. The van der Waals surface area contributed by atoms with Gasteiger partial charge in [-0.05, 0) is 36.6 Å². The molecule has 2 atom stereocenters. The summed E-state index contributed by atoms with van der Waals surface area (Å²) in [6, 6.07) is 9.53. The second kappa shape index (κ2) is 9.14. The summed E-state index contributed by atoms with van der Waals surface area (Å²) in [6.07, 6.45) is -2.86. The third-order valence-electron chi connectivity index (χ3n) is 6.10. The number of morpholine rings is 1. The lowest BCUT2D eigenvalue weighted by Crippen LogP contribution is -2.46. The van der Waals surface area contributed by atoms with Crippen LogP contribution in [0.5, 0.6) is 0 Å². The molecule has 2 saturated heterocycles. The minimum atomic E-state index is -4.45. The second-order valence-corrected chi connectivity index (χ2v) is 8.43. The van der Waals surface area contributed by atoms with E-state index in [1.807, 2.05) is 19.1 Å². The molecule has 8 heteroatoms. The molecule has 0 bridgehead atoms. The number of aryl methyl sites for hydroxylation is 1. The first-order valence-electron chi connectivity index (χ1n) is 10.7. The zero-order valence-corrected chi connectivity index (χ0v) is 18.0. The van der Waals surface area contributed by atoms with Crippen molar-refractivity contribution in [1.82, 2.24) is 15.2 Å². The van der Waals surface area contributed by atoms with Gasteiger partial charge in [-0.15, -0.1) is 0 Å². The molecular formula is C23H29F3N4O. The molecule has 0 radical (unpaired) electrons. The summed E-state index contributed by atoms with van der Waals surface area (Å²) in [5.41, 5.74) is 2.37. The molecule has 1 aromatic carbocycles. The van der Waals surface area contributed by atoms with E-state index in [1.54, 1.807) is 11.1 Å². The Balaban J connectivity index is 1.54. The average Bonchev–Trinajstić information content (AvgIpc) is 2.74. The number of nitrogens with one attached hydrogen (secondary N) is 1. The number of ether oxygens (including phenoxy) is 1. The lowest BCUT2D eigenvalue weighted by Gasteiger charge is -2.36. The highest BCUT2D eigenvalue weighted by Crippen LogP contribution is 2.37. The van der Waals surface area contributed by atoms with E-state index in [0.29, 0.717) is 31.9 Å². The SMILES string of the molecule is Cc1ccccc1[C@@H]1CN(Cc2cnc(N3CCOC[C@@H]3C)c(C(F)(F)F)c2)CCN1. The van der Waals surface area contributed by atoms with Crippen LogP contribution in [0.1, 0.15) is 35.2 Å². The second-order valence-electron chi connectivity index (χ2n) is 8.43. The number of alkyl halides is 3. The van der Waals surface area contributed by atoms with Crippen molar-refractivity contribution in [3.63, 3.8) is 0 Å². The Morgan fingerprint density at radius 1 is 1.23 bits per heavy atom. The van der Waals surface area contributed by atoms with Crippen molar-refractivity contribution < 1.29 is 17.9 Å². The van der Waals surface area contributed by atoms with Crippen LogP contribution in [0.25, 0.3) is 0 Å². The monoisotopic (exact) mass is 434 g/mol. The lowest BCUT2D eigenvalue weighted by molar-refractivity contribution is -0.137. The van der Waals surface area contributed by atoms with Crippen LogP contribution in [-0.4, -0.2) is 55.3 Å². The van der Waals surface area contributed by atoms with Gasteiger partial charge in [0.05, 0.1) is 24.8 Å². The number of nitrogens with zero attached hydrogens (tertiary/aromatic N) is 3. The third-order valence-corrected chi connectivity index (χ3v) is 6.10. The van der Waals surface area contributed by atoms with Crippen molar-refractivity contribution in [3.05, 3.63) is 58.8 Å². The van der Waals surface area contributed by atoms with Crippen LogP contribution in [0.2, 0.25) is 0 Å². The minimum Gasteiger partial charge on any atom is -0.377 e. The number of halogens is 3. The normalized spacial score (nSPS) is 23.2. The van der Waals surface area contributed by atoms with Crippen LogP contribution in [0.3, 0.4) is 0 Å². The quantitative estimate of drug-likeness (QED) is 0.793. The van der Waals surface area contributed by atoms with Gasteiger partial charge in [-0.25, -0.2) is 4.98 Å². The summed E-state index contributed by atoms with van der Waals surface area (Å²) in [6.45, 7) is 7.93. The molecule has 0 saturated carbocycles. The predicted molar refractivity (Wildman–Crippen MR) is 114 cm³/mol. The standard InChI is InChI=1S/C23H29F3N4O/c1-16-5-3-4-6-19(16)21-14-29(8-7-27-21)13-18-11-20(23(24,25)26)22(28-12-18)30-9-10-31-15-17(30)2/h3-6,11-12,17,21,27H,7-10,13-15H2,1-2H3/t17-,21-/m0/s1. The van der Waals surface area contributed by atoms with E-state index in [-0.39, 0.29) is 17.9 Å². The Bertz CT molecular complexity index is 905. The summed E-state index contributed by atoms with van der Waals surface area (Å²) < 4.78 is 47.1. The number of rotatable bonds is 4. The van der Waals surface area contributed by atoms with Gasteiger partial charge < -0.3 is 15.0 Å². The largest absolute Gasteiger partial charge is 0.419 e. The first kappa shape index (κ1) is 22.0. The fourth-order valence-corrected chi connectivity index (χ4v) is 4.47.